The van der Waals surface area contributed by atoms with Crippen molar-refractivity contribution in [2.45, 2.75) is 30.6 Å². The van der Waals surface area contributed by atoms with Gasteiger partial charge in [-0.2, -0.15) is 0 Å². The molecular weight excluding hydrogens is 562 g/mol. The second kappa shape index (κ2) is 12.0. The van der Waals surface area contributed by atoms with Crippen molar-refractivity contribution >= 4 is 43.0 Å². The van der Waals surface area contributed by atoms with Crippen molar-refractivity contribution in [1.29, 1.82) is 0 Å². The van der Waals surface area contributed by atoms with Crippen molar-refractivity contribution < 1.29 is 26.4 Å². The number of carbonyl (C=O) groups excluding carboxylic acids is 1. The Morgan fingerprint density at radius 1 is 0.756 bits per heavy atom. The first kappa shape index (κ1) is 29.6. The summed E-state index contributed by atoms with van der Waals surface area (Å²) in [6.07, 6.45) is 0. The minimum absolute atomic E-state index is 0.0256. The van der Waals surface area contributed by atoms with Gasteiger partial charge in [0.25, 0.3) is 20.0 Å². The Balaban J connectivity index is 1.54. The highest BCUT2D eigenvalue weighted by Gasteiger charge is 2.27. The third-order valence-corrected chi connectivity index (χ3v) is 9.40. The normalized spacial score (nSPS) is 11.5. The third-order valence-electron chi connectivity index (χ3n) is 6.23. The van der Waals surface area contributed by atoms with E-state index in [1.807, 2.05) is 26.8 Å². The van der Waals surface area contributed by atoms with E-state index in [-0.39, 0.29) is 9.79 Å². The highest BCUT2D eigenvalue weighted by molar-refractivity contribution is 7.93. The molecule has 9 nitrogen and oxygen atoms in total. The number of rotatable bonds is 10. The van der Waals surface area contributed by atoms with Gasteiger partial charge in [0, 0.05) is 5.69 Å². The van der Waals surface area contributed by atoms with Gasteiger partial charge >= 0.3 is 0 Å². The molecule has 4 aromatic rings. The van der Waals surface area contributed by atoms with E-state index in [4.69, 9.17) is 4.74 Å². The summed E-state index contributed by atoms with van der Waals surface area (Å²) in [7, 11) is -6.56. The number of carbonyl (C=O) groups is 1. The first-order valence-corrected chi connectivity index (χ1v) is 15.5. The highest BCUT2D eigenvalue weighted by Crippen LogP contribution is 2.29. The Labute approximate surface area is 240 Å². The van der Waals surface area contributed by atoms with Crippen LogP contribution in [0.4, 0.5) is 17.1 Å². The predicted octanol–water partition coefficient (Wildman–Crippen LogP) is 5.26. The molecular formula is C30H31N3O6S2. The van der Waals surface area contributed by atoms with Gasteiger partial charge < -0.3 is 10.1 Å². The fourth-order valence-electron chi connectivity index (χ4n) is 4.09. The highest BCUT2D eigenvalue weighted by atomic mass is 32.2. The quantitative estimate of drug-likeness (QED) is 0.259. The fraction of sp³-hybridized carbons (Fsp3) is 0.167. The van der Waals surface area contributed by atoms with Gasteiger partial charge in [-0.25, -0.2) is 16.8 Å². The summed E-state index contributed by atoms with van der Waals surface area (Å²) in [5.41, 5.74) is 3.54. The number of amides is 1. The number of sulfonamides is 2. The molecule has 0 unspecified atom stereocenters. The van der Waals surface area contributed by atoms with Crippen LogP contribution in [0.3, 0.4) is 0 Å². The SMILES string of the molecule is COc1ccc(C)cc1NS(=O)(=O)c1ccc(NC(=O)CN(c2cccc(C)c2)S(=O)(=O)c2ccc(C)cc2)cc1. The Morgan fingerprint density at radius 2 is 1.37 bits per heavy atom. The van der Waals surface area contributed by atoms with Gasteiger partial charge in [0.05, 0.1) is 28.3 Å². The van der Waals surface area contributed by atoms with Crippen molar-refractivity contribution in [3.8, 4) is 5.75 Å². The van der Waals surface area contributed by atoms with Gasteiger partial charge in [-0.3, -0.25) is 13.8 Å². The molecule has 2 N–H and O–H groups in total. The number of aryl methyl sites for hydroxylation is 3. The van der Waals surface area contributed by atoms with Crippen molar-refractivity contribution in [2.75, 3.05) is 28.0 Å². The lowest BCUT2D eigenvalue weighted by atomic mass is 10.2. The molecule has 0 heterocycles. The van der Waals surface area contributed by atoms with Crippen LogP contribution in [0.2, 0.25) is 0 Å². The number of nitrogens with zero attached hydrogens (tertiary/aromatic N) is 1. The second-order valence-electron chi connectivity index (χ2n) is 9.55. The number of anilines is 3. The molecule has 214 valence electrons. The molecule has 0 atom stereocenters. The number of benzene rings is 4. The largest absolute Gasteiger partial charge is 0.495 e. The number of hydrogen-bond donors (Lipinski definition) is 2. The summed E-state index contributed by atoms with van der Waals surface area (Å²) in [5.74, 6) is -0.220. The topological polar surface area (TPSA) is 122 Å². The van der Waals surface area contributed by atoms with Crippen LogP contribution in [0.15, 0.2) is 101 Å². The summed E-state index contributed by atoms with van der Waals surface area (Å²) < 4.78 is 62.0. The van der Waals surface area contributed by atoms with Gasteiger partial charge in [0.2, 0.25) is 5.91 Å². The maximum Gasteiger partial charge on any atom is 0.264 e. The number of ether oxygens (including phenoxy) is 1. The molecule has 0 fully saturated rings. The lowest BCUT2D eigenvalue weighted by molar-refractivity contribution is -0.114. The van der Waals surface area contributed by atoms with Gasteiger partial charge in [-0.1, -0.05) is 35.9 Å². The molecule has 0 radical (unpaired) electrons. The Bertz CT molecular complexity index is 1770. The standard InChI is InChI=1S/C30H31N3O6S2/c1-21-8-13-27(14-9-21)41(37,38)33(25-7-5-6-22(2)18-25)20-30(34)31-24-11-15-26(16-12-24)40(35,36)32-28-19-23(3)10-17-29(28)39-4/h5-19,32H,20H2,1-4H3,(H,31,34). The molecule has 0 aliphatic heterocycles. The van der Waals surface area contributed by atoms with E-state index in [2.05, 4.69) is 10.0 Å². The summed E-state index contributed by atoms with van der Waals surface area (Å²) >= 11 is 0. The molecule has 41 heavy (non-hydrogen) atoms. The smallest absolute Gasteiger partial charge is 0.264 e. The zero-order valence-electron chi connectivity index (χ0n) is 23.1. The van der Waals surface area contributed by atoms with Gasteiger partial charge in [-0.05, 0) is 92.6 Å². The van der Waals surface area contributed by atoms with E-state index >= 15 is 0 Å². The summed E-state index contributed by atoms with van der Waals surface area (Å²) in [5, 5.41) is 2.66. The van der Waals surface area contributed by atoms with Crippen LogP contribution < -0.4 is 19.1 Å². The molecule has 0 spiro atoms. The fourth-order valence-corrected chi connectivity index (χ4v) is 6.56. The van der Waals surface area contributed by atoms with Crippen LogP contribution in [-0.4, -0.2) is 36.4 Å². The zero-order valence-corrected chi connectivity index (χ0v) is 24.7. The minimum atomic E-state index is -4.07. The number of hydrogen-bond acceptors (Lipinski definition) is 6. The number of nitrogens with one attached hydrogen (secondary N) is 2. The van der Waals surface area contributed by atoms with Crippen LogP contribution in [0.1, 0.15) is 16.7 Å². The third kappa shape index (κ3) is 7.05. The molecule has 0 aliphatic rings. The zero-order chi connectivity index (χ0) is 29.8. The van der Waals surface area contributed by atoms with Crippen LogP contribution >= 0.6 is 0 Å². The molecule has 4 aromatic carbocycles. The molecule has 11 heteroatoms. The maximum absolute atomic E-state index is 13.6. The van der Waals surface area contributed by atoms with Crippen LogP contribution in [0.5, 0.6) is 5.75 Å². The average Bonchev–Trinajstić information content (AvgIpc) is 2.92. The van der Waals surface area contributed by atoms with Crippen LogP contribution in [0.25, 0.3) is 0 Å². The van der Waals surface area contributed by atoms with Crippen LogP contribution in [0, 0.1) is 20.8 Å². The molecule has 0 bridgehead atoms. The summed E-state index contributed by atoms with van der Waals surface area (Å²) in [4.78, 5) is 13.1. The molecule has 1 amide bonds. The van der Waals surface area contributed by atoms with E-state index in [9.17, 15) is 21.6 Å². The molecule has 0 saturated heterocycles. The van der Waals surface area contributed by atoms with Crippen molar-refractivity contribution in [1.82, 2.24) is 0 Å². The second-order valence-corrected chi connectivity index (χ2v) is 13.1. The van der Waals surface area contributed by atoms with E-state index in [1.165, 1.54) is 43.5 Å². The van der Waals surface area contributed by atoms with E-state index in [1.54, 1.807) is 48.5 Å². The van der Waals surface area contributed by atoms with Gasteiger partial charge in [0.1, 0.15) is 12.3 Å². The lowest BCUT2D eigenvalue weighted by Gasteiger charge is -2.24. The van der Waals surface area contributed by atoms with Crippen molar-refractivity contribution in [3.63, 3.8) is 0 Å². The van der Waals surface area contributed by atoms with E-state index in [0.29, 0.717) is 22.8 Å². The van der Waals surface area contributed by atoms with Crippen LogP contribution in [-0.2, 0) is 24.8 Å². The predicted molar refractivity (Wildman–Crippen MR) is 161 cm³/mol. The van der Waals surface area contributed by atoms with E-state index < -0.39 is 32.5 Å². The summed E-state index contributed by atoms with van der Waals surface area (Å²) in [6, 6.07) is 24.0. The average molecular weight is 594 g/mol. The van der Waals surface area contributed by atoms with Gasteiger partial charge in [-0.15, -0.1) is 0 Å². The Morgan fingerprint density at radius 3 is 2.00 bits per heavy atom. The lowest BCUT2D eigenvalue weighted by Crippen LogP contribution is -2.38. The number of methoxy groups -OCH3 is 1. The van der Waals surface area contributed by atoms with Gasteiger partial charge in [0.15, 0.2) is 0 Å². The first-order valence-electron chi connectivity index (χ1n) is 12.6. The van der Waals surface area contributed by atoms with Crippen molar-refractivity contribution in [3.05, 3.63) is 108 Å². The Hall–Kier alpha value is -4.35. The van der Waals surface area contributed by atoms with E-state index in [0.717, 1.165) is 21.0 Å². The monoisotopic (exact) mass is 593 g/mol. The summed E-state index contributed by atoms with van der Waals surface area (Å²) in [6.45, 7) is 5.03. The molecule has 0 aromatic heterocycles. The maximum atomic E-state index is 13.6. The van der Waals surface area contributed by atoms with Crippen molar-refractivity contribution in [2.24, 2.45) is 0 Å². The Kier molecular flexibility index (Phi) is 8.69. The minimum Gasteiger partial charge on any atom is -0.495 e. The molecule has 0 saturated carbocycles. The molecule has 4 rings (SSSR count). The molecule has 0 aliphatic carbocycles. The first-order chi connectivity index (χ1) is 19.4.